The summed E-state index contributed by atoms with van der Waals surface area (Å²) in [7, 11) is -5.01. The third kappa shape index (κ3) is 2.91. The van der Waals surface area contributed by atoms with Crippen molar-refractivity contribution < 1.29 is 17.8 Å². The van der Waals surface area contributed by atoms with E-state index in [0.29, 0.717) is 13.1 Å². The molecule has 1 atom stereocenters. The van der Waals surface area contributed by atoms with Crippen molar-refractivity contribution in [2.75, 3.05) is 19.6 Å². The van der Waals surface area contributed by atoms with Gasteiger partial charge in [-0.2, -0.15) is 0 Å². The van der Waals surface area contributed by atoms with E-state index in [1.54, 1.807) is 0 Å². The predicted molar refractivity (Wildman–Crippen MR) is 49.2 cm³/mol. The second-order valence-electron chi connectivity index (χ2n) is 3.50. The quantitative estimate of drug-likeness (QED) is 0.544. The summed E-state index contributed by atoms with van der Waals surface area (Å²) in [6, 6.07) is -0.208. The van der Waals surface area contributed by atoms with Gasteiger partial charge in [0.15, 0.2) is 0 Å². The van der Waals surface area contributed by atoms with Crippen molar-refractivity contribution in [2.24, 2.45) is 0 Å². The van der Waals surface area contributed by atoms with Gasteiger partial charge in [-0.1, -0.05) is 6.92 Å². The molecule has 14 heavy (non-hydrogen) atoms. The number of nitrogens with one attached hydrogen (secondary N) is 1. The lowest BCUT2D eigenvalue weighted by molar-refractivity contribution is 0.215. The van der Waals surface area contributed by atoms with E-state index in [-0.39, 0.29) is 19.0 Å². The number of amides is 2. The van der Waals surface area contributed by atoms with Crippen LogP contribution in [0, 0.1) is 0 Å². The molecule has 0 bridgehead atoms. The van der Waals surface area contributed by atoms with Gasteiger partial charge in [-0.05, 0) is 6.42 Å². The Balaban J connectivity index is 2.30. The zero-order chi connectivity index (χ0) is 10.8. The average molecular weight is 224 g/mol. The summed E-state index contributed by atoms with van der Waals surface area (Å²) < 4.78 is 24.9. The Morgan fingerprint density at radius 1 is 1.71 bits per heavy atom. The Bertz CT molecular complexity index is 222. The van der Waals surface area contributed by atoms with E-state index < -0.39 is 14.5 Å². The fourth-order valence-corrected chi connectivity index (χ4v) is 1.72. The molecule has 0 radical (unpaired) electrons. The molecule has 82 valence electrons. The van der Waals surface area contributed by atoms with Gasteiger partial charge in [0.25, 0.3) is 0 Å². The Kier molecular flexibility index (Phi) is 3.43. The topological polar surface area (TPSA) is 52.6 Å². The highest BCUT2D eigenvalue weighted by Gasteiger charge is 2.41. The highest BCUT2D eigenvalue weighted by Crippen LogP contribution is 2.25. The number of halogens is 2. The number of hydrogen-bond acceptors (Lipinski definition) is 2. The highest BCUT2D eigenvalue weighted by molar-refractivity contribution is 6.59. The SMILES string of the molecule is CC(CCN1CCNC1=O)[Si](O)(F)F. The third-order valence-corrected chi connectivity index (χ3v) is 3.84. The molecule has 2 N–H and O–H groups in total. The molecule has 2 amide bonds. The molecular formula is C7H14F2N2O2Si. The van der Waals surface area contributed by atoms with Crippen molar-refractivity contribution in [3.8, 4) is 0 Å². The lowest BCUT2D eigenvalue weighted by atomic mass is 10.3. The van der Waals surface area contributed by atoms with Gasteiger partial charge in [0, 0.05) is 25.2 Å². The molecule has 1 aliphatic rings. The van der Waals surface area contributed by atoms with Crippen LogP contribution >= 0.6 is 0 Å². The molecule has 1 fully saturated rings. The minimum absolute atomic E-state index is 0.156. The van der Waals surface area contributed by atoms with Crippen LogP contribution in [0.5, 0.6) is 0 Å². The van der Waals surface area contributed by atoms with Gasteiger partial charge < -0.3 is 15.0 Å². The maximum Gasteiger partial charge on any atom is 0.578 e. The summed E-state index contributed by atoms with van der Waals surface area (Å²) in [5, 5.41) is 2.58. The zero-order valence-corrected chi connectivity index (χ0v) is 8.96. The van der Waals surface area contributed by atoms with Gasteiger partial charge in [-0.3, -0.25) is 0 Å². The molecule has 0 aromatic rings. The van der Waals surface area contributed by atoms with Crippen LogP contribution in [0.4, 0.5) is 13.0 Å². The van der Waals surface area contributed by atoms with Gasteiger partial charge in [-0.15, -0.1) is 0 Å². The summed E-state index contributed by atoms with van der Waals surface area (Å²) in [6.07, 6.45) is 0.156. The summed E-state index contributed by atoms with van der Waals surface area (Å²) >= 11 is 0. The van der Waals surface area contributed by atoms with Gasteiger partial charge in [0.1, 0.15) is 0 Å². The second-order valence-corrected chi connectivity index (χ2v) is 5.66. The second kappa shape index (κ2) is 4.22. The molecule has 1 saturated heterocycles. The minimum Gasteiger partial charge on any atom is -0.384 e. The standard InChI is InChI=1S/C7H14F2N2O2Si/c1-6(14(8,9)13)2-4-11-5-3-10-7(11)12/h6,13H,2-5H2,1H3,(H,10,12). The van der Waals surface area contributed by atoms with E-state index in [2.05, 4.69) is 5.32 Å². The molecular weight excluding hydrogens is 210 g/mol. The van der Waals surface area contributed by atoms with Crippen molar-refractivity contribution in [3.05, 3.63) is 0 Å². The van der Waals surface area contributed by atoms with Crippen LogP contribution in [-0.4, -0.2) is 44.3 Å². The zero-order valence-electron chi connectivity index (χ0n) is 7.96. The molecule has 1 heterocycles. The van der Waals surface area contributed by atoms with Crippen LogP contribution < -0.4 is 5.32 Å². The van der Waals surface area contributed by atoms with Gasteiger partial charge >= 0.3 is 15.0 Å². The number of hydrogen-bond donors (Lipinski definition) is 2. The average Bonchev–Trinajstić information content (AvgIpc) is 2.45. The van der Waals surface area contributed by atoms with Crippen molar-refractivity contribution in [1.82, 2.24) is 10.2 Å². The normalized spacial score (nSPS) is 19.7. The molecule has 0 aliphatic carbocycles. The van der Waals surface area contributed by atoms with E-state index in [1.807, 2.05) is 0 Å². The molecule has 4 nitrogen and oxygen atoms in total. The number of nitrogens with zero attached hydrogens (tertiary/aromatic N) is 1. The summed E-state index contributed by atoms with van der Waals surface area (Å²) in [5.41, 5.74) is -0.990. The lowest BCUT2D eigenvalue weighted by Crippen LogP contribution is -2.34. The van der Waals surface area contributed by atoms with E-state index in [4.69, 9.17) is 4.80 Å². The first-order chi connectivity index (χ1) is 6.41. The van der Waals surface area contributed by atoms with Crippen molar-refractivity contribution in [3.63, 3.8) is 0 Å². The molecule has 7 heteroatoms. The van der Waals surface area contributed by atoms with Crippen LogP contribution in [0.2, 0.25) is 5.54 Å². The fourth-order valence-electron chi connectivity index (χ4n) is 1.25. The first kappa shape index (κ1) is 11.4. The first-order valence-corrected chi connectivity index (χ1v) is 6.32. The molecule has 0 aromatic heterocycles. The molecule has 0 aromatic carbocycles. The van der Waals surface area contributed by atoms with E-state index in [9.17, 15) is 13.0 Å². The Hall–Kier alpha value is -0.693. The number of rotatable bonds is 4. The predicted octanol–water partition coefficient (Wildman–Crippen LogP) is 0.662. The van der Waals surface area contributed by atoms with Crippen molar-refractivity contribution in [1.29, 1.82) is 0 Å². The van der Waals surface area contributed by atoms with Gasteiger partial charge in [-0.25, -0.2) is 13.0 Å². The molecule has 0 saturated carbocycles. The minimum atomic E-state index is -5.01. The Morgan fingerprint density at radius 3 is 2.79 bits per heavy atom. The first-order valence-electron chi connectivity index (χ1n) is 4.54. The summed E-state index contributed by atoms with van der Waals surface area (Å²) in [5.74, 6) is 0. The van der Waals surface area contributed by atoms with E-state index >= 15 is 0 Å². The maximum absolute atomic E-state index is 12.5. The van der Waals surface area contributed by atoms with Crippen LogP contribution in [0.3, 0.4) is 0 Å². The Labute approximate surface area is 82.4 Å². The lowest BCUT2D eigenvalue weighted by Gasteiger charge is -2.18. The maximum atomic E-state index is 12.5. The van der Waals surface area contributed by atoms with Crippen LogP contribution in [0.15, 0.2) is 0 Å². The monoisotopic (exact) mass is 224 g/mol. The third-order valence-electron chi connectivity index (χ3n) is 2.37. The number of carbonyl (C=O) groups excluding carboxylic acids is 1. The van der Waals surface area contributed by atoms with Gasteiger partial charge in [0.2, 0.25) is 0 Å². The highest BCUT2D eigenvalue weighted by atomic mass is 28.4. The van der Waals surface area contributed by atoms with Crippen molar-refractivity contribution in [2.45, 2.75) is 18.9 Å². The van der Waals surface area contributed by atoms with Crippen molar-refractivity contribution >= 4 is 15.0 Å². The van der Waals surface area contributed by atoms with Gasteiger partial charge in [0.05, 0.1) is 0 Å². The van der Waals surface area contributed by atoms with Crippen LogP contribution in [-0.2, 0) is 0 Å². The molecule has 1 aliphatic heterocycles. The van der Waals surface area contributed by atoms with E-state index in [1.165, 1.54) is 11.8 Å². The molecule has 1 rings (SSSR count). The molecule has 1 unspecified atom stereocenters. The van der Waals surface area contributed by atoms with Crippen LogP contribution in [0.1, 0.15) is 13.3 Å². The van der Waals surface area contributed by atoms with E-state index in [0.717, 1.165) is 0 Å². The molecule has 0 spiro atoms. The smallest absolute Gasteiger partial charge is 0.384 e. The summed E-state index contributed by atoms with van der Waals surface area (Å²) in [4.78, 5) is 21.0. The van der Waals surface area contributed by atoms with Crippen LogP contribution in [0.25, 0.3) is 0 Å². The largest absolute Gasteiger partial charge is 0.578 e. The Morgan fingerprint density at radius 2 is 2.36 bits per heavy atom. The number of urea groups is 1. The fraction of sp³-hybridized carbons (Fsp3) is 0.857. The summed E-state index contributed by atoms with van der Waals surface area (Å²) in [6.45, 7) is 2.74. The number of carbonyl (C=O) groups is 1.